The lowest BCUT2D eigenvalue weighted by Crippen LogP contribution is -2.25. The molecule has 0 saturated heterocycles. The molecular formula is C20H22N2O. The van der Waals surface area contributed by atoms with Gasteiger partial charge < -0.3 is 10.3 Å². The van der Waals surface area contributed by atoms with Crippen LogP contribution in [0.25, 0.3) is 10.9 Å². The maximum Gasteiger partial charge on any atom is 0.220 e. The van der Waals surface area contributed by atoms with Gasteiger partial charge in [-0.3, -0.25) is 4.79 Å². The minimum Gasteiger partial charge on any atom is -0.361 e. The predicted octanol–water partition coefficient (Wildman–Crippen LogP) is 3.77. The van der Waals surface area contributed by atoms with Gasteiger partial charge >= 0.3 is 0 Å². The molecule has 0 aliphatic heterocycles. The summed E-state index contributed by atoms with van der Waals surface area (Å²) in [7, 11) is 0. The number of aromatic nitrogens is 1. The first kappa shape index (κ1) is 15.3. The number of nitrogens with one attached hydrogen (secondary N) is 2. The minimum atomic E-state index is 0.119. The van der Waals surface area contributed by atoms with E-state index in [1.165, 1.54) is 22.1 Å². The second-order valence-electron chi connectivity index (χ2n) is 5.89. The number of amides is 1. The molecule has 118 valence electrons. The Hall–Kier alpha value is -2.55. The van der Waals surface area contributed by atoms with Crippen molar-refractivity contribution in [1.29, 1.82) is 0 Å². The van der Waals surface area contributed by atoms with Crippen molar-refractivity contribution in [3.63, 3.8) is 0 Å². The lowest BCUT2D eigenvalue weighted by Gasteiger charge is -2.07. The molecule has 0 bridgehead atoms. The number of hydrogen-bond acceptors (Lipinski definition) is 1. The fourth-order valence-electron chi connectivity index (χ4n) is 2.90. The third-order valence-electron chi connectivity index (χ3n) is 4.27. The van der Waals surface area contributed by atoms with Crippen molar-refractivity contribution in [2.75, 3.05) is 6.54 Å². The Labute approximate surface area is 136 Å². The lowest BCUT2D eigenvalue weighted by atomic mass is 10.0. The summed E-state index contributed by atoms with van der Waals surface area (Å²) < 4.78 is 0. The van der Waals surface area contributed by atoms with Crippen LogP contribution in [0.2, 0.25) is 0 Å². The number of fused-ring (bicyclic) bond motifs is 1. The summed E-state index contributed by atoms with van der Waals surface area (Å²) in [6.45, 7) is 2.76. The average molecular weight is 306 g/mol. The van der Waals surface area contributed by atoms with E-state index in [0.29, 0.717) is 13.0 Å². The standard InChI is InChI=1S/C20H22N2O/c1-15-6-2-3-7-16(15)10-11-20(23)21-13-12-17-14-22-19-9-5-4-8-18(17)19/h2-9,14,22H,10-13H2,1H3,(H,21,23). The highest BCUT2D eigenvalue weighted by molar-refractivity contribution is 5.83. The average Bonchev–Trinajstić information content (AvgIpc) is 2.98. The van der Waals surface area contributed by atoms with Crippen LogP contribution >= 0.6 is 0 Å². The largest absolute Gasteiger partial charge is 0.361 e. The predicted molar refractivity (Wildman–Crippen MR) is 94.5 cm³/mol. The van der Waals surface area contributed by atoms with Crippen LogP contribution in [-0.4, -0.2) is 17.4 Å². The highest BCUT2D eigenvalue weighted by Gasteiger charge is 2.06. The molecule has 2 aromatic carbocycles. The van der Waals surface area contributed by atoms with Gasteiger partial charge in [0.1, 0.15) is 0 Å². The van der Waals surface area contributed by atoms with Gasteiger partial charge in [0.05, 0.1) is 0 Å². The molecular weight excluding hydrogens is 284 g/mol. The normalized spacial score (nSPS) is 10.8. The van der Waals surface area contributed by atoms with E-state index in [1.807, 2.05) is 30.5 Å². The number of carbonyl (C=O) groups excluding carboxylic acids is 1. The zero-order chi connectivity index (χ0) is 16.1. The molecule has 0 fully saturated rings. The Kier molecular flexibility index (Phi) is 4.77. The van der Waals surface area contributed by atoms with E-state index < -0.39 is 0 Å². The Balaban J connectivity index is 1.47. The third-order valence-corrected chi connectivity index (χ3v) is 4.27. The van der Waals surface area contributed by atoms with Gasteiger partial charge in [-0.15, -0.1) is 0 Å². The molecule has 0 unspecified atom stereocenters. The summed E-state index contributed by atoms with van der Waals surface area (Å²) in [5.74, 6) is 0.119. The molecule has 3 heteroatoms. The molecule has 2 N–H and O–H groups in total. The number of rotatable bonds is 6. The summed E-state index contributed by atoms with van der Waals surface area (Å²) in [5, 5.41) is 4.26. The molecule has 0 spiro atoms. The van der Waals surface area contributed by atoms with Crippen LogP contribution in [0, 0.1) is 6.92 Å². The second-order valence-corrected chi connectivity index (χ2v) is 5.89. The maximum absolute atomic E-state index is 12.0. The van der Waals surface area contributed by atoms with Crippen LogP contribution in [0.4, 0.5) is 0 Å². The monoisotopic (exact) mass is 306 g/mol. The van der Waals surface area contributed by atoms with E-state index in [9.17, 15) is 4.79 Å². The van der Waals surface area contributed by atoms with Crippen molar-refractivity contribution in [1.82, 2.24) is 10.3 Å². The summed E-state index contributed by atoms with van der Waals surface area (Å²) >= 11 is 0. The Bertz CT molecular complexity index is 804. The summed E-state index contributed by atoms with van der Waals surface area (Å²) in [5.41, 5.74) is 4.89. The van der Waals surface area contributed by atoms with Gasteiger partial charge in [-0.1, -0.05) is 42.5 Å². The van der Waals surface area contributed by atoms with Gasteiger partial charge in [-0.2, -0.15) is 0 Å². The van der Waals surface area contributed by atoms with Crippen LogP contribution < -0.4 is 5.32 Å². The highest BCUT2D eigenvalue weighted by Crippen LogP contribution is 2.17. The molecule has 0 radical (unpaired) electrons. The summed E-state index contributed by atoms with van der Waals surface area (Å²) in [6, 6.07) is 16.5. The number of H-pyrrole nitrogens is 1. The second kappa shape index (κ2) is 7.14. The Morgan fingerprint density at radius 2 is 1.78 bits per heavy atom. The molecule has 0 saturated carbocycles. The van der Waals surface area contributed by atoms with Gasteiger partial charge in [0, 0.05) is 30.1 Å². The van der Waals surface area contributed by atoms with Gasteiger partial charge in [-0.25, -0.2) is 0 Å². The molecule has 3 nitrogen and oxygen atoms in total. The van der Waals surface area contributed by atoms with Crippen molar-refractivity contribution in [2.24, 2.45) is 0 Å². The molecule has 1 aromatic heterocycles. The van der Waals surface area contributed by atoms with Crippen LogP contribution in [0.15, 0.2) is 54.7 Å². The van der Waals surface area contributed by atoms with Gasteiger partial charge in [-0.05, 0) is 42.5 Å². The van der Waals surface area contributed by atoms with Crippen molar-refractivity contribution >= 4 is 16.8 Å². The van der Waals surface area contributed by atoms with E-state index in [-0.39, 0.29) is 5.91 Å². The van der Waals surface area contributed by atoms with E-state index in [1.54, 1.807) is 0 Å². The number of aryl methyl sites for hydroxylation is 2. The van der Waals surface area contributed by atoms with Gasteiger partial charge in [0.2, 0.25) is 5.91 Å². The molecule has 3 aromatic rings. The fourth-order valence-corrected chi connectivity index (χ4v) is 2.90. The summed E-state index contributed by atoms with van der Waals surface area (Å²) in [6.07, 6.45) is 4.22. The van der Waals surface area contributed by atoms with Crippen molar-refractivity contribution in [2.45, 2.75) is 26.2 Å². The molecule has 0 aliphatic rings. The number of aromatic amines is 1. The van der Waals surface area contributed by atoms with E-state index in [0.717, 1.165) is 18.4 Å². The topological polar surface area (TPSA) is 44.9 Å². The first-order chi connectivity index (χ1) is 11.2. The highest BCUT2D eigenvalue weighted by atomic mass is 16.1. The fraction of sp³-hybridized carbons (Fsp3) is 0.250. The van der Waals surface area contributed by atoms with Gasteiger partial charge in [0.25, 0.3) is 0 Å². The number of benzene rings is 2. The van der Waals surface area contributed by atoms with Crippen molar-refractivity contribution < 1.29 is 4.79 Å². The molecule has 23 heavy (non-hydrogen) atoms. The molecule has 3 rings (SSSR count). The summed E-state index contributed by atoms with van der Waals surface area (Å²) in [4.78, 5) is 15.3. The zero-order valence-corrected chi connectivity index (χ0v) is 13.4. The molecule has 1 amide bonds. The number of para-hydroxylation sites is 1. The molecule has 1 heterocycles. The first-order valence-electron chi connectivity index (χ1n) is 8.10. The molecule has 0 aliphatic carbocycles. The first-order valence-corrected chi connectivity index (χ1v) is 8.10. The van der Waals surface area contributed by atoms with E-state index >= 15 is 0 Å². The molecule has 0 atom stereocenters. The lowest BCUT2D eigenvalue weighted by molar-refractivity contribution is -0.121. The minimum absolute atomic E-state index is 0.119. The van der Waals surface area contributed by atoms with Crippen molar-refractivity contribution in [3.05, 3.63) is 71.4 Å². The zero-order valence-electron chi connectivity index (χ0n) is 13.4. The van der Waals surface area contributed by atoms with Crippen LogP contribution in [0.5, 0.6) is 0 Å². The van der Waals surface area contributed by atoms with E-state index in [2.05, 4.69) is 41.5 Å². The van der Waals surface area contributed by atoms with Crippen LogP contribution in [0.1, 0.15) is 23.1 Å². The smallest absolute Gasteiger partial charge is 0.220 e. The SMILES string of the molecule is Cc1ccccc1CCC(=O)NCCc1c[nH]c2ccccc12. The van der Waals surface area contributed by atoms with Gasteiger partial charge in [0.15, 0.2) is 0 Å². The van der Waals surface area contributed by atoms with Crippen LogP contribution in [0.3, 0.4) is 0 Å². The maximum atomic E-state index is 12.0. The van der Waals surface area contributed by atoms with Crippen molar-refractivity contribution in [3.8, 4) is 0 Å². The van der Waals surface area contributed by atoms with E-state index in [4.69, 9.17) is 0 Å². The van der Waals surface area contributed by atoms with Crippen LogP contribution in [-0.2, 0) is 17.6 Å². The Morgan fingerprint density at radius 3 is 2.65 bits per heavy atom. The number of carbonyl (C=O) groups is 1. The quantitative estimate of drug-likeness (QED) is 0.715. The third kappa shape index (κ3) is 3.81. The Morgan fingerprint density at radius 1 is 1.00 bits per heavy atom. The number of hydrogen-bond donors (Lipinski definition) is 2.